The molecule has 1 aromatic rings. The van der Waals surface area contributed by atoms with Crippen molar-refractivity contribution in [2.24, 2.45) is 10.7 Å². The number of carbonyl (C=O) groups excluding carboxylic acids is 2. The van der Waals surface area contributed by atoms with Crippen LogP contribution < -0.4 is 11.1 Å². The Morgan fingerprint density at radius 3 is 2.76 bits per heavy atom. The quantitative estimate of drug-likeness (QED) is 0.818. The Balaban J connectivity index is 2.02. The van der Waals surface area contributed by atoms with Crippen LogP contribution in [0.1, 0.15) is 6.42 Å². The van der Waals surface area contributed by atoms with E-state index in [1.807, 2.05) is 18.2 Å². The van der Waals surface area contributed by atoms with Gasteiger partial charge in [0.15, 0.2) is 5.17 Å². The molecule has 3 N–H and O–H groups in total. The molecule has 0 radical (unpaired) electrons. The largest absolute Gasteiger partial charge is 0.378 e. The monoisotopic (exact) mass is 249 g/mol. The van der Waals surface area contributed by atoms with Crippen molar-refractivity contribution in [3.05, 3.63) is 30.3 Å². The molecule has 2 amide bonds. The molecule has 0 fully saturated rings. The van der Waals surface area contributed by atoms with Crippen LogP contribution in [0, 0.1) is 0 Å². The van der Waals surface area contributed by atoms with Crippen LogP contribution in [-0.2, 0) is 9.59 Å². The number of anilines is 1. The smallest absolute Gasteiger partial charge is 0.249 e. The number of thioether (sulfide) groups is 1. The molecule has 17 heavy (non-hydrogen) atoms. The van der Waals surface area contributed by atoms with Crippen molar-refractivity contribution in [2.75, 3.05) is 5.32 Å². The summed E-state index contributed by atoms with van der Waals surface area (Å²) in [5, 5.41) is 2.38. The summed E-state index contributed by atoms with van der Waals surface area (Å²) in [4.78, 5) is 26.6. The number of aliphatic imine (C=N–C) groups is 1. The normalized spacial score (nSPS) is 19.6. The number of carbonyl (C=O) groups is 2. The van der Waals surface area contributed by atoms with Gasteiger partial charge in [0.25, 0.3) is 0 Å². The molecule has 1 aliphatic heterocycles. The van der Waals surface area contributed by atoms with Crippen LogP contribution in [0.25, 0.3) is 0 Å². The topological polar surface area (TPSA) is 84.5 Å². The van der Waals surface area contributed by atoms with Gasteiger partial charge in [0.05, 0.1) is 6.42 Å². The van der Waals surface area contributed by atoms with Gasteiger partial charge in [-0.25, -0.2) is 0 Å². The first-order chi connectivity index (χ1) is 8.15. The Morgan fingerprint density at radius 2 is 2.12 bits per heavy atom. The molecule has 0 unspecified atom stereocenters. The zero-order valence-electron chi connectivity index (χ0n) is 8.92. The number of amidine groups is 1. The maximum absolute atomic E-state index is 11.9. The molecule has 1 heterocycles. The number of amides is 2. The zero-order chi connectivity index (χ0) is 12.3. The molecule has 1 aliphatic rings. The highest BCUT2D eigenvalue weighted by atomic mass is 32.2. The highest BCUT2D eigenvalue weighted by Crippen LogP contribution is 2.22. The Kier molecular flexibility index (Phi) is 3.43. The first-order valence-electron chi connectivity index (χ1n) is 5.05. The highest BCUT2D eigenvalue weighted by Gasteiger charge is 2.27. The average molecular weight is 249 g/mol. The molecule has 0 saturated heterocycles. The van der Waals surface area contributed by atoms with E-state index in [4.69, 9.17) is 5.73 Å². The van der Waals surface area contributed by atoms with Gasteiger partial charge >= 0.3 is 0 Å². The maximum atomic E-state index is 11.9. The summed E-state index contributed by atoms with van der Waals surface area (Å²) in [6.07, 6.45) is 0.0873. The van der Waals surface area contributed by atoms with Gasteiger partial charge in [0.1, 0.15) is 5.25 Å². The van der Waals surface area contributed by atoms with Gasteiger partial charge in [-0.2, -0.15) is 4.99 Å². The lowest BCUT2D eigenvalue weighted by atomic mass is 10.2. The number of benzene rings is 1. The molecule has 0 aromatic heterocycles. The molecule has 88 valence electrons. The number of rotatable bonds is 2. The first kappa shape index (κ1) is 11.7. The second kappa shape index (κ2) is 5.01. The number of hydrogen-bond donors (Lipinski definition) is 2. The lowest BCUT2D eigenvalue weighted by Crippen LogP contribution is -2.33. The van der Waals surface area contributed by atoms with E-state index in [9.17, 15) is 9.59 Å². The first-order valence-corrected chi connectivity index (χ1v) is 5.92. The van der Waals surface area contributed by atoms with Crippen molar-refractivity contribution in [1.29, 1.82) is 0 Å². The van der Waals surface area contributed by atoms with E-state index in [1.165, 1.54) is 0 Å². The molecular weight excluding hydrogens is 238 g/mol. The van der Waals surface area contributed by atoms with E-state index in [0.717, 1.165) is 11.8 Å². The van der Waals surface area contributed by atoms with Crippen molar-refractivity contribution in [3.8, 4) is 0 Å². The minimum atomic E-state index is -0.500. The Bertz CT molecular complexity index is 473. The predicted molar refractivity (Wildman–Crippen MR) is 67.7 cm³/mol. The van der Waals surface area contributed by atoms with Gasteiger partial charge in [-0.15, -0.1) is 0 Å². The van der Waals surface area contributed by atoms with Crippen molar-refractivity contribution in [3.63, 3.8) is 0 Å². The molecule has 5 nitrogen and oxygen atoms in total. The van der Waals surface area contributed by atoms with Gasteiger partial charge in [-0.1, -0.05) is 30.0 Å². The molecule has 0 bridgehead atoms. The maximum Gasteiger partial charge on any atom is 0.249 e. The summed E-state index contributed by atoms with van der Waals surface area (Å²) in [5.41, 5.74) is 6.16. The molecule has 0 saturated carbocycles. The van der Waals surface area contributed by atoms with E-state index < -0.39 is 5.25 Å². The van der Waals surface area contributed by atoms with Crippen molar-refractivity contribution < 1.29 is 9.59 Å². The fraction of sp³-hybridized carbons (Fsp3) is 0.182. The van der Waals surface area contributed by atoms with Crippen LogP contribution in [0.4, 0.5) is 5.69 Å². The molecule has 2 rings (SSSR count). The number of nitrogens with one attached hydrogen (secondary N) is 1. The highest BCUT2D eigenvalue weighted by molar-refractivity contribution is 8.15. The fourth-order valence-corrected chi connectivity index (χ4v) is 2.27. The van der Waals surface area contributed by atoms with E-state index in [2.05, 4.69) is 10.3 Å². The van der Waals surface area contributed by atoms with Crippen molar-refractivity contribution in [2.45, 2.75) is 11.7 Å². The lowest BCUT2D eigenvalue weighted by Gasteiger charge is -2.17. The SMILES string of the molecule is NC1=NC(=O)C[C@H](C(=O)Nc2ccccc2)S1. The third-order valence-corrected chi connectivity index (χ3v) is 3.19. The van der Waals surface area contributed by atoms with E-state index in [-0.39, 0.29) is 23.4 Å². The average Bonchev–Trinajstić information content (AvgIpc) is 2.29. The van der Waals surface area contributed by atoms with Gasteiger partial charge in [-0.05, 0) is 12.1 Å². The fourth-order valence-electron chi connectivity index (χ4n) is 1.43. The summed E-state index contributed by atoms with van der Waals surface area (Å²) in [7, 11) is 0. The van der Waals surface area contributed by atoms with Gasteiger partial charge < -0.3 is 11.1 Å². The summed E-state index contributed by atoms with van der Waals surface area (Å²) < 4.78 is 0. The van der Waals surface area contributed by atoms with Crippen LogP contribution >= 0.6 is 11.8 Å². The standard InChI is InChI=1S/C11H11N3O2S/c12-11-14-9(15)6-8(17-11)10(16)13-7-4-2-1-3-5-7/h1-5,8H,6H2,(H,13,16)(H2,12,14,15)/t8-/m1/s1. The molecule has 0 spiro atoms. The molecular formula is C11H11N3O2S. The molecule has 1 aromatic carbocycles. The van der Waals surface area contributed by atoms with Gasteiger partial charge in [0.2, 0.25) is 11.8 Å². The number of nitrogens with two attached hydrogens (primary N) is 1. The van der Waals surface area contributed by atoms with Crippen molar-refractivity contribution in [1.82, 2.24) is 0 Å². The van der Waals surface area contributed by atoms with Crippen LogP contribution in [0.3, 0.4) is 0 Å². The van der Waals surface area contributed by atoms with Crippen LogP contribution in [0.15, 0.2) is 35.3 Å². The molecule has 1 atom stereocenters. The summed E-state index contributed by atoms with van der Waals surface area (Å²) in [6, 6.07) is 9.07. The van der Waals surface area contributed by atoms with Crippen molar-refractivity contribution >= 4 is 34.4 Å². The second-order valence-electron chi connectivity index (χ2n) is 3.51. The number of para-hydroxylation sites is 1. The van der Waals surface area contributed by atoms with E-state index >= 15 is 0 Å². The Morgan fingerprint density at radius 1 is 1.41 bits per heavy atom. The number of nitrogens with zero attached hydrogens (tertiary/aromatic N) is 1. The van der Waals surface area contributed by atoms with Crippen LogP contribution in [0.2, 0.25) is 0 Å². The minimum Gasteiger partial charge on any atom is -0.378 e. The third-order valence-electron chi connectivity index (χ3n) is 2.19. The summed E-state index contributed by atoms with van der Waals surface area (Å²) >= 11 is 1.11. The van der Waals surface area contributed by atoms with Gasteiger partial charge in [-0.3, -0.25) is 9.59 Å². The van der Waals surface area contributed by atoms with Gasteiger partial charge in [0, 0.05) is 5.69 Å². The number of hydrogen-bond acceptors (Lipinski definition) is 4. The predicted octanol–water partition coefficient (Wildman–Crippen LogP) is 0.972. The summed E-state index contributed by atoms with van der Waals surface area (Å²) in [6.45, 7) is 0. The van der Waals surface area contributed by atoms with E-state index in [0.29, 0.717) is 5.69 Å². The Labute approximate surface area is 102 Å². The van der Waals surface area contributed by atoms with E-state index in [1.54, 1.807) is 12.1 Å². The molecule has 6 heteroatoms. The van der Waals surface area contributed by atoms with Crippen LogP contribution in [0.5, 0.6) is 0 Å². The summed E-state index contributed by atoms with van der Waals surface area (Å²) in [5.74, 6) is -0.582. The second-order valence-corrected chi connectivity index (χ2v) is 4.73. The minimum absolute atomic E-state index is 0.0873. The lowest BCUT2D eigenvalue weighted by molar-refractivity contribution is -0.121. The molecule has 0 aliphatic carbocycles. The van der Waals surface area contributed by atoms with Crippen LogP contribution in [-0.4, -0.2) is 22.2 Å². The Hall–Kier alpha value is -1.82. The third kappa shape index (κ3) is 3.07. The zero-order valence-corrected chi connectivity index (χ0v) is 9.74.